The first-order valence-electron chi connectivity index (χ1n) is 9.28. The number of amides is 1. The molecule has 2 rings (SSSR count). The van der Waals surface area contributed by atoms with Gasteiger partial charge in [0.2, 0.25) is 5.91 Å². The van der Waals surface area contributed by atoms with Crippen molar-refractivity contribution in [2.75, 3.05) is 26.2 Å². The van der Waals surface area contributed by atoms with Crippen LogP contribution in [0.2, 0.25) is 0 Å². The number of likely N-dealkylation sites (tertiary alicyclic amines) is 1. The molecule has 130 valence electrons. The van der Waals surface area contributed by atoms with Gasteiger partial charge in [0.1, 0.15) is 0 Å². The van der Waals surface area contributed by atoms with Crippen molar-refractivity contribution < 1.29 is 4.79 Å². The Balaban J connectivity index is 0.00000127. The number of piperidine rings is 1. The SMILES string of the molecule is CC.Cc1ccc(CCC(=O)NCCCN2CCCCC2)cc1. The van der Waals surface area contributed by atoms with E-state index in [0.29, 0.717) is 6.42 Å². The molecule has 3 nitrogen and oxygen atoms in total. The third-order valence-electron chi connectivity index (χ3n) is 4.18. The first-order chi connectivity index (χ1) is 11.2. The Kier molecular flexibility index (Phi) is 10.4. The lowest BCUT2D eigenvalue weighted by Crippen LogP contribution is -2.33. The highest BCUT2D eigenvalue weighted by atomic mass is 16.1. The van der Waals surface area contributed by atoms with Crippen molar-refractivity contribution >= 4 is 5.91 Å². The maximum absolute atomic E-state index is 11.8. The molecule has 0 aliphatic carbocycles. The molecule has 0 atom stereocenters. The lowest BCUT2D eigenvalue weighted by Gasteiger charge is -2.26. The van der Waals surface area contributed by atoms with Crippen LogP contribution in [0, 0.1) is 6.92 Å². The van der Waals surface area contributed by atoms with Gasteiger partial charge in [0.15, 0.2) is 0 Å². The molecule has 23 heavy (non-hydrogen) atoms. The van der Waals surface area contributed by atoms with Crippen LogP contribution in [0.25, 0.3) is 0 Å². The second-order valence-electron chi connectivity index (χ2n) is 6.09. The standard InChI is InChI=1S/C18H28N2O.C2H6/c1-16-6-8-17(9-7-16)10-11-18(21)19-12-5-15-20-13-3-2-4-14-20;1-2/h6-9H,2-5,10-15H2,1H3,(H,19,21);1-2H3. The molecule has 1 aliphatic rings. The summed E-state index contributed by atoms with van der Waals surface area (Å²) in [7, 11) is 0. The molecule has 1 aromatic rings. The molecule has 0 bridgehead atoms. The van der Waals surface area contributed by atoms with Gasteiger partial charge in [-0.1, -0.05) is 50.1 Å². The summed E-state index contributed by atoms with van der Waals surface area (Å²) in [4.78, 5) is 14.3. The summed E-state index contributed by atoms with van der Waals surface area (Å²) in [6.07, 6.45) is 6.54. The summed E-state index contributed by atoms with van der Waals surface area (Å²) < 4.78 is 0. The predicted molar refractivity (Wildman–Crippen MR) is 98.8 cm³/mol. The van der Waals surface area contributed by atoms with Gasteiger partial charge in [0, 0.05) is 13.0 Å². The van der Waals surface area contributed by atoms with Crippen LogP contribution < -0.4 is 5.32 Å². The normalized spacial score (nSPS) is 14.7. The first-order valence-corrected chi connectivity index (χ1v) is 9.28. The number of nitrogens with zero attached hydrogens (tertiary/aromatic N) is 1. The average Bonchev–Trinajstić information content (AvgIpc) is 2.61. The highest BCUT2D eigenvalue weighted by Crippen LogP contribution is 2.08. The third kappa shape index (κ3) is 8.75. The number of hydrogen-bond acceptors (Lipinski definition) is 2. The van der Waals surface area contributed by atoms with E-state index in [1.54, 1.807) is 0 Å². The van der Waals surface area contributed by atoms with Crippen LogP contribution in [-0.4, -0.2) is 37.0 Å². The molecule has 1 fully saturated rings. The molecular formula is C20H34N2O. The number of rotatable bonds is 7. The number of hydrogen-bond donors (Lipinski definition) is 1. The fraction of sp³-hybridized carbons (Fsp3) is 0.650. The van der Waals surface area contributed by atoms with Gasteiger partial charge in [0.05, 0.1) is 0 Å². The van der Waals surface area contributed by atoms with Crippen LogP contribution in [0.4, 0.5) is 0 Å². The van der Waals surface area contributed by atoms with Crippen molar-refractivity contribution in [3.8, 4) is 0 Å². The lowest BCUT2D eigenvalue weighted by molar-refractivity contribution is -0.121. The number of nitrogens with one attached hydrogen (secondary N) is 1. The number of aryl methyl sites for hydroxylation is 2. The van der Waals surface area contributed by atoms with Gasteiger partial charge in [-0.05, 0) is 57.8 Å². The van der Waals surface area contributed by atoms with Gasteiger partial charge in [-0.15, -0.1) is 0 Å². The van der Waals surface area contributed by atoms with Crippen molar-refractivity contribution in [2.24, 2.45) is 0 Å². The Morgan fingerprint density at radius 2 is 1.74 bits per heavy atom. The molecule has 0 aromatic heterocycles. The van der Waals surface area contributed by atoms with Crippen molar-refractivity contribution in [1.82, 2.24) is 10.2 Å². The van der Waals surface area contributed by atoms with Gasteiger partial charge >= 0.3 is 0 Å². The summed E-state index contributed by atoms with van der Waals surface area (Å²) in [5, 5.41) is 3.04. The quantitative estimate of drug-likeness (QED) is 0.772. The Morgan fingerprint density at radius 1 is 1.09 bits per heavy atom. The monoisotopic (exact) mass is 318 g/mol. The summed E-state index contributed by atoms with van der Waals surface area (Å²) in [6.45, 7) is 10.5. The summed E-state index contributed by atoms with van der Waals surface area (Å²) in [5.41, 5.74) is 2.50. The Labute approximate surface area is 142 Å². The zero-order chi connectivity index (χ0) is 16.9. The molecule has 0 radical (unpaired) electrons. The summed E-state index contributed by atoms with van der Waals surface area (Å²) in [5.74, 6) is 0.175. The molecule has 1 aromatic carbocycles. The predicted octanol–water partition coefficient (Wildman–Crippen LogP) is 3.95. The minimum absolute atomic E-state index is 0.175. The van der Waals surface area contributed by atoms with E-state index in [1.165, 1.54) is 43.5 Å². The zero-order valence-electron chi connectivity index (χ0n) is 15.2. The van der Waals surface area contributed by atoms with Crippen LogP contribution in [0.1, 0.15) is 57.1 Å². The van der Waals surface area contributed by atoms with Crippen molar-refractivity contribution in [3.63, 3.8) is 0 Å². The largest absolute Gasteiger partial charge is 0.356 e. The van der Waals surface area contributed by atoms with Crippen molar-refractivity contribution in [1.29, 1.82) is 0 Å². The minimum Gasteiger partial charge on any atom is -0.356 e. The molecule has 0 spiro atoms. The fourth-order valence-corrected chi connectivity index (χ4v) is 2.81. The van der Waals surface area contributed by atoms with Crippen LogP contribution >= 0.6 is 0 Å². The van der Waals surface area contributed by atoms with E-state index < -0.39 is 0 Å². The van der Waals surface area contributed by atoms with E-state index in [2.05, 4.69) is 41.4 Å². The maximum atomic E-state index is 11.8. The molecule has 1 heterocycles. The summed E-state index contributed by atoms with van der Waals surface area (Å²) in [6, 6.07) is 8.43. The van der Waals surface area contributed by atoms with Crippen LogP contribution in [0.5, 0.6) is 0 Å². The van der Waals surface area contributed by atoms with Gasteiger partial charge < -0.3 is 10.2 Å². The molecule has 1 N–H and O–H groups in total. The molecular weight excluding hydrogens is 284 g/mol. The van der Waals surface area contributed by atoms with E-state index in [9.17, 15) is 4.79 Å². The van der Waals surface area contributed by atoms with Gasteiger partial charge in [-0.3, -0.25) is 4.79 Å². The Morgan fingerprint density at radius 3 is 2.39 bits per heavy atom. The lowest BCUT2D eigenvalue weighted by atomic mass is 10.1. The van der Waals surface area contributed by atoms with E-state index in [0.717, 1.165) is 25.9 Å². The topological polar surface area (TPSA) is 32.3 Å². The molecule has 0 unspecified atom stereocenters. The second kappa shape index (κ2) is 12.1. The highest BCUT2D eigenvalue weighted by molar-refractivity contribution is 5.76. The molecule has 1 saturated heterocycles. The van der Waals surface area contributed by atoms with Gasteiger partial charge in [0.25, 0.3) is 0 Å². The maximum Gasteiger partial charge on any atom is 0.220 e. The van der Waals surface area contributed by atoms with Gasteiger partial charge in [-0.2, -0.15) is 0 Å². The van der Waals surface area contributed by atoms with E-state index in [4.69, 9.17) is 0 Å². The van der Waals surface area contributed by atoms with E-state index in [-0.39, 0.29) is 5.91 Å². The number of carbonyl (C=O) groups is 1. The minimum atomic E-state index is 0.175. The van der Waals surface area contributed by atoms with Crippen LogP contribution in [0.15, 0.2) is 24.3 Å². The van der Waals surface area contributed by atoms with Crippen LogP contribution in [-0.2, 0) is 11.2 Å². The Hall–Kier alpha value is -1.35. The second-order valence-corrected chi connectivity index (χ2v) is 6.09. The van der Waals surface area contributed by atoms with Crippen molar-refractivity contribution in [2.45, 2.75) is 59.3 Å². The van der Waals surface area contributed by atoms with Crippen LogP contribution in [0.3, 0.4) is 0 Å². The van der Waals surface area contributed by atoms with E-state index >= 15 is 0 Å². The molecule has 1 aliphatic heterocycles. The fourth-order valence-electron chi connectivity index (χ4n) is 2.81. The molecule has 0 saturated carbocycles. The third-order valence-corrected chi connectivity index (χ3v) is 4.18. The smallest absolute Gasteiger partial charge is 0.220 e. The van der Waals surface area contributed by atoms with E-state index in [1.807, 2.05) is 13.8 Å². The number of benzene rings is 1. The number of carbonyl (C=O) groups excluding carboxylic acids is 1. The average molecular weight is 319 g/mol. The van der Waals surface area contributed by atoms with Gasteiger partial charge in [-0.25, -0.2) is 0 Å². The first kappa shape index (κ1) is 19.7. The zero-order valence-corrected chi connectivity index (χ0v) is 15.2. The summed E-state index contributed by atoms with van der Waals surface area (Å²) >= 11 is 0. The Bertz CT molecular complexity index is 422. The molecule has 1 amide bonds. The molecule has 3 heteroatoms. The van der Waals surface area contributed by atoms with Crippen molar-refractivity contribution in [3.05, 3.63) is 35.4 Å². The highest BCUT2D eigenvalue weighted by Gasteiger charge is 2.09.